The molecule has 2 amide bonds. The molecular formula is C21H36N2O7S3. The summed E-state index contributed by atoms with van der Waals surface area (Å²) in [5, 5.41) is 23.5. The average molecular weight is 525 g/mol. The number of carbonyl (C=O) groups excluding carboxylic acids is 2. The molecule has 2 unspecified atom stereocenters. The van der Waals surface area contributed by atoms with E-state index in [4.69, 9.17) is 9.84 Å². The highest BCUT2D eigenvalue weighted by molar-refractivity contribution is 8.76. The third kappa shape index (κ3) is 11.6. The van der Waals surface area contributed by atoms with Crippen molar-refractivity contribution in [1.29, 1.82) is 0 Å². The van der Waals surface area contributed by atoms with Gasteiger partial charge in [-0.25, -0.2) is 9.59 Å². The molecule has 0 saturated heterocycles. The van der Waals surface area contributed by atoms with Gasteiger partial charge in [-0.15, -0.1) is 0 Å². The molecule has 12 heteroatoms. The van der Waals surface area contributed by atoms with Crippen LogP contribution in [-0.2, 0) is 19.1 Å². The van der Waals surface area contributed by atoms with Gasteiger partial charge in [0, 0.05) is 17.5 Å². The highest BCUT2D eigenvalue weighted by Gasteiger charge is 2.42. The van der Waals surface area contributed by atoms with Crippen molar-refractivity contribution in [3.63, 3.8) is 0 Å². The van der Waals surface area contributed by atoms with Crippen LogP contribution in [0.4, 0.5) is 4.79 Å². The van der Waals surface area contributed by atoms with Crippen LogP contribution in [0.25, 0.3) is 0 Å². The number of hydrogen-bond donors (Lipinski definition) is 4. The highest BCUT2D eigenvalue weighted by Crippen LogP contribution is 2.43. The molecule has 1 rings (SSSR count). The lowest BCUT2D eigenvalue weighted by atomic mass is 9.87. The van der Waals surface area contributed by atoms with E-state index in [-0.39, 0.29) is 6.04 Å². The highest BCUT2D eigenvalue weighted by atomic mass is 33.1. The monoisotopic (exact) mass is 524 g/mol. The first-order valence-electron chi connectivity index (χ1n) is 10.9. The number of rotatable bonds is 14. The summed E-state index contributed by atoms with van der Waals surface area (Å²) in [6.45, 7) is 5.43. The van der Waals surface area contributed by atoms with Crippen molar-refractivity contribution in [3.8, 4) is 0 Å². The van der Waals surface area contributed by atoms with Crippen LogP contribution in [0.2, 0.25) is 0 Å². The predicted molar refractivity (Wildman–Crippen MR) is 134 cm³/mol. The van der Waals surface area contributed by atoms with Gasteiger partial charge in [-0.3, -0.25) is 9.59 Å². The predicted octanol–water partition coefficient (Wildman–Crippen LogP) is 3.62. The first-order valence-corrected chi connectivity index (χ1v) is 14.7. The molecular weight excluding hydrogens is 488 g/mol. The van der Waals surface area contributed by atoms with Crippen molar-refractivity contribution in [3.05, 3.63) is 0 Å². The minimum atomic E-state index is -1.45. The Bertz CT molecular complexity index is 679. The number of carbonyl (C=O) groups is 4. The molecule has 1 aliphatic carbocycles. The Kier molecular flexibility index (Phi) is 12.8. The number of aliphatic carboxylic acids is 2. The van der Waals surface area contributed by atoms with Crippen LogP contribution in [0.15, 0.2) is 0 Å². The number of amides is 2. The van der Waals surface area contributed by atoms with Crippen molar-refractivity contribution in [2.45, 2.75) is 77.0 Å². The van der Waals surface area contributed by atoms with E-state index < -0.39 is 47.4 Å². The smallest absolute Gasteiger partial charge is 0.407 e. The molecule has 0 aromatic carbocycles. The topological polar surface area (TPSA) is 142 Å². The molecule has 9 nitrogen and oxygen atoms in total. The van der Waals surface area contributed by atoms with Crippen molar-refractivity contribution in [1.82, 2.24) is 10.6 Å². The Morgan fingerprint density at radius 2 is 1.70 bits per heavy atom. The van der Waals surface area contributed by atoms with Crippen LogP contribution in [0.3, 0.4) is 0 Å². The minimum absolute atomic E-state index is 0.0786. The van der Waals surface area contributed by atoms with E-state index >= 15 is 0 Å². The van der Waals surface area contributed by atoms with E-state index in [1.54, 1.807) is 22.6 Å². The SMILES string of the molecule is CSCCC(CSSCC1(C(=O)NC(CC(=O)O)C(=O)O)CCCC1)NC(=O)OC(C)(C)C. The van der Waals surface area contributed by atoms with Crippen LogP contribution >= 0.6 is 33.3 Å². The van der Waals surface area contributed by atoms with E-state index in [9.17, 15) is 24.3 Å². The van der Waals surface area contributed by atoms with E-state index in [0.29, 0.717) is 24.3 Å². The fraction of sp³-hybridized carbons (Fsp3) is 0.810. The lowest BCUT2D eigenvalue weighted by molar-refractivity contribution is -0.148. The van der Waals surface area contributed by atoms with E-state index in [2.05, 4.69) is 10.6 Å². The number of alkyl carbamates (subject to hydrolysis) is 1. The molecule has 1 saturated carbocycles. The van der Waals surface area contributed by atoms with Gasteiger partial charge in [0.1, 0.15) is 11.6 Å². The van der Waals surface area contributed by atoms with Crippen molar-refractivity contribution >= 4 is 57.3 Å². The molecule has 1 fully saturated rings. The second-order valence-electron chi connectivity index (χ2n) is 9.12. The van der Waals surface area contributed by atoms with Gasteiger partial charge in [-0.05, 0) is 52.0 Å². The second-order valence-corrected chi connectivity index (χ2v) is 12.6. The van der Waals surface area contributed by atoms with Gasteiger partial charge in [0.2, 0.25) is 5.91 Å². The normalized spacial score (nSPS) is 17.1. The summed E-state index contributed by atoms with van der Waals surface area (Å²) >= 11 is 1.69. The molecule has 2 atom stereocenters. The van der Waals surface area contributed by atoms with Crippen molar-refractivity contribution < 1.29 is 34.1 Å². The minimum Gasteiger partial charge on any atom is -0.481 e. The number of carboxylic acid groups (broad SMARTS) is 2. The van der Waals surface area contributed by atoms with Crippen LogP contribution < -0.4 is 10.6 Å². The van der Waals surface area contributed by atoms with Crippen molar-refractivity contribution in [2.24, 2.45) is 5.41 Å². The number of carboxylic acids is 2. The quantitative estimate of drug-likeness (QED) is 0.197. The zero-order valence-corrected chi connectivity index (χ0v) is 22.1. The van der Waals surface area contributed by atoms with Gasteiger partial charge >= 0.3 is 18.0 Å². The van der Waals surface area contributed by atoms with Crippen LogP contribution in [-0.4, -0.2) is 75.4 Å². The zero-order valence-electron chi connectivity index (χ0n) is 19.7. The van der Waals surface area contributed by atoms with Gasteiger partial charge in [-0.1, -0.05) is 34.4 Å². The molecule has 1 aliphatic rings. The van der Waals surface area contributed by atoms with Gasteiger partial charge in [-0.2, -0.15) is 11.8 Å². The molecule has 4 N–H and O–H groups in total. The molecule has 0 radical (unpaired) electrons. The first kappa shape index (κ1) is 29.8. The molecule has 0 bridgehead atoms. The van der Waals surface area contributed by atoms with Gasteiger partial charge in [0.25, 0.3) is 0 Å². The maximum absolute atomic E-state index is 12.9. The summed E-state index contributed by atoms with van der Waals surface area (Å²) < 4.78 is 5.35. The molecule has 33 heavy (non-hydrogen) atoms. The van der Waals surface area contributed by atoms with Gasteiger partial charge < -0.3 is 25.6 Å². The molecule has 0 aromatic rings. The molecule has 0 aliphatic heterocycles. The third-order valence-corrected chi connectivity index (χ3v) is 8.38. The molecule has 190 valence electrons. The fourth-order valence-corrected chi connectivity index (χ4v) is 6.86. The van der Waals surface area contributed by atoms with E-state index in [1.807, 2.05) is 27.0 Å². The Hall–Kier alpha value is -1.27. The summed E-state index contributed by atoms with van der Waals surface area (Å²) in [6, 6.07) is -1.52. The lowest BCUT2D eigenvalue weighted by Gasteiger charge is -2.29. The number of thioether (sulfide) groups is 1. The Morgan fingerprint density at radius 1 is 1.06 bits per heavy atom. The fourth-order valence-electron chi connectivity index (χ4n) is 3.39. The summed E-state index contributed by atoms with van der Waals surface area (Å²) in [5.41, 5.74) is -1.29. The van der Waals surface area contributed by atoms with Gasteiger partial charge in [0.15, 0.2) is 0 Å². The zero-order chi connectivity index (χ0) is 25.1. The third-order valence-electron chi connectivity index (χ3n) is 5.10. The standard InChI is InChI=1S/C21H36N2O7S3/c1-20(2,3)30-19(29)22-14(7-10-31-4)12-32-33-13-21(8-5-6-9-21)18(28)23-15(17(26)27)11-16(24)25/h14-15H,5-13H2,1-4H3,(H,22,29)(H,23,28)(H,24,25)(H,26,27). The van der Waals surface area contributed by atoms with Crippen LogP contribution in [0.5, 0.6) is 0 Å². The molecule has 0 aromatic heterocycles. The Labute approximate surface area is 207 Å². The Balaban J connectivity index is 2.65. The Morgan fingerprint density at radius 3 is 2.21 bits per heavy atom. The summed E-state index contributed by atoms with van der Waals surface area (Å²) in [7, 11) is 3.08. The largest absolute Gasteiger partial charge is 0.481 e. The molecule has 0 spiro atoms. The average Bonchev–Trinajstić information content (AvgIpc) is 3.17. The van der Waals surface area contributed by atoms with Crippen molar-refractivity contribution in [2.75, 3.05) is 23.5 Å². The van der Waals surface area contributed by atoms with E-state index in [0.717, 1.165) is 25.0 Å². The summed E-state index contributed by atoms with van der Waals surface area (Å²) in [6.07, 6.45) is 4.68. The maximum Gasteiger partial charge on any atom is 0.407 e. The van der Waals surface area contributed by atoms with Crippen LogP contribution in [0, 0.1) is 5.41 Å². The summed E-state index contributed by atoms with van der Waals surface area (Å²) in [4.78, 5) is 47.4. The first-order chi connectivity index (χ1) is 15.4. The number of ether oxygens (including phenoxy) is 1. The summed E-state index contributed by atoms with van der Waals surface area (Å²) in [5.74, 6) is -1.01. The van der Waals surface area contributed by atoms with Gasteiger partial charge in [0.05, 0.1) is 11.8 Å². The maximum atomic E-state index is 12.9. The lowest BCUT2D eigenvalue weighted by Crippen LogP contribution is -2.49. The molecule has 0 heterocycles. The number of nitrogens with one attached hydrogen (secondary N) is 2. The number of hydrogen-bond acceptors (Lipinski definition) is 8. The second kappa shape index (κ2) is 14.2. The van der Waals surface area contributed by atoms with E-state index in [1.165, 1.54) is 10.8 Å². The van der Waals surface area contributed by atoms with Crippen LogP contribution in [0.1, 0.15) is 59.3 Å².